The predicted octanol–water partition coefficient (Wildman–Crippen LogP) is -0.202. The van der Waals surface area contributed by atoms with Crippen LogP contribution in [-0.4, -0.2) is 0 Å². The van der Waals surface area contributed by atoms with Crippen LogP contribution in [0.15, 0.2) is 65.3 Å². The first kappa shape index (κ1) is 12.2. The number of rotatable bonds is 2. The second-order valence-electron chi connectivity index (χ2n) is 3.74. The lowest BCUT2D eigenvalue weighted by molar-refractivity contribution is -0.00000339. The molecule has 2 aromatic carbocycles. The van der Waals surface area contributed by atoms with Gasteiger partial charge in [-0.05, 0) is 24.3 Å². The average molecular weight is 263 g/mol. The molecule has 17 heavy (non-hydrogen) atoms. The standard InChI is InChI=1S/C14H11OP.ClH/c1-2-6-12(7-3-1)16-13-8-4-5-11-9-10-15-14(11)13;/h1-10,16H;1H. The normalized spacial score (nSPS) is 10.8. The van der Waals surface area contributed by atoms with E-state index in [9.17, 15) is 0 Å². The topological polar surface area (TPSA) is 13.1 Å². The SMILES string of the molecule is [Cl-].c1ccc([PH2+]c2cccc3ccoc23)cc1. The third-order valence-corrected chi connectivity index (χ3v) is 4.12. The van der Waals surface area contributed by atoms with Crippen molar-refractivity contribution in [1.82, 2.24) is 0 Å². The van der Waals surface area contributed by atoms with Gasteiger partial charge in [-0.15, -0.1) is 0 Å². The third-order valence-electron chi connectivity index (χ3n) is 2.63. The summed E-state index contributed by atoms with van der Waals surface area (Å²) in [6.45, 7) is 0. The number of fused-ring (bicyclic) bond motifs is 1. The molecule has 0 aliphatic rings. The van der Waals surface area contributed by atoms with Crippen LogP contribution >= 0.6 is 8.58 Å². The smallest absolute Gasteiger partial charge is 0.175 e. The molecule has 1 atom stereocenters. The Kier molecular flexibility index (Phi) is 3.83. The molecule has 0 aliphatic carbocycles. The molecule has 0 spiro atoms. The van der Waals surface area contributed by atoms with Crippen LogP contribution < -0.4 is 23.0 Å². The van der Waals surface area contributed by atoms with E-state index in [1.165, 1.54) is 16.0 Å². The lowest BCUT2D eigenvalue weighted by Gasteiger charge is -1.95. The number of halogens is 1. The minimum absolute atomic E-state index is 0. The van der Waals surface area contributed by atoms with Crippen LogP contribution in [0.5, 0.6) is 0 Å². The minimum Gasteiger partial charge on any atom is -1.00 e. The van der Waals surface area contributed by atoms with Crippen molar-refractivity contribution in [2.45, 2.75) is 0 Å². The molecule has 3 rings (SSSR count). The number of benzene rings is 2. The quantitative estimate of drug-likeness (QED) is 0.583. The van der Waals surface area contributed by atoms with E-state index in [0.29, 0.717) is 0 Å². The Hall–Kier alpha value is -1.30. The first-order valence-electron chi connectivity index (χ1n) is 5.29. The van der Waals surface area contributed by atoms with Crippen molar-refractivity contribution in [2.24, 2.45) is 0 Å². The van der Waals surface area contributed by atoms with Crippen LogP contribution in [0.2, 0.25) is 0 Å². The highest BCUT2D eigenvalue weighted by molar-refractivity contribution is 7.56. The third kappa shape index (κ3) is 2.52. The number of hydrogen-bond donors (Lipinski definition) is 0. The fourth-order valence-electron chi connectivity index (χ4n) is 1.86. The summed E-state index contributed by atoms with van der Waals surface area (Å²) in [5, 5.41) is 3.92. The van der Waals surface area contributed by atoms with E-state index in [4.69, 9.17) is 4.42 Å². The molecular formula is C14H12ClOP. The van der Waals surface area contributed by atoms with Crippen LogP contribution in [0.4, 0.5) is 0 Å². The van der Waals surface area contributed by atoms with E-state index in [-0.39, 0.29) is 21.0 Å². The van der Waals surface area contributed by atoms with Crippen LogP contribution in [0.3, 0.4) is 0 Å². The van der Waals surface area contributed by atoms with E-state index in [1.807, 2.05) is 6.07 Å². The average Bonchev–Trinajstić information content (AvgIpc) is 2.80. The molecular weight excluding hydrogens is 251 g/mol. The van der Waals surface area contributed by atoms with Crippen LogP contribution in [-0.2, 0) is 0 Å². The van der Waals surface area contributed by atoms with E-state index < -0.39 is 0 Å². The summed E-state index contributed by atoms with van der Waals surface area (Å²) in [6.07, 6.45) is 1.76. The van der Waals surface area contributed by atoms with Gasteiger partial charge in [-0.25, -0.2) is 0 Å². The monoisotopic (exact) mass is 262 g/mol. The molecule has 1 aromatic heterocycles. The van der Waals surface area contributed by atoms with Crippen molar-refractivity contribution in [3.8, 4) is 0 Å². The van der Waals surface area contributed by atoms with Gasteiger partial charge in [0, 0.05) is 5.39 Å². The second-order valence-corrected chi connectivity index (χ2v) is 5.32. The highest BCUT2D eigenvalue weighted by Gasteiger charge is 2.10. The molecule has 0 bridgehead atoms. The summed E-state index contributed by atoms with van der Waals surface area (Å²) in [5.41, 5.74) is 1.04. The zero-order chi connectivity index (χ0) is 10.8. The predicted molar refractivity (Wildman–Crippen MR) is 71.6 cm³/mol. The molecule has 3 aromatic rings. The number of furan rings is 1. The molecule has 1 unspecified atom stereocenters. The molecule has 3 heteroatoms. The summed E-state index contributed by atoms with van der Waals surface area (Å²) in [7, 11) is 0.117. The molecule has 0 aliphatic heterocycles. The van der Waals surface area contributed by atoms with Crippen LogP contribution in [0.25, 0.3) is 11.0 Å². The molecule has 1 heterocycles. The van der Waals surface area contributed by atoms with Gasteiger partial charge in [0.15, 0.2) is 5.58 Å². The molecule has 0 saturated heterocycles. The Bertz CT molecular complexity index is 604. The van der Waals surface area contributed by atoms with E-state index in [2.05, 4.69) is 48.5 Å². The maximum atomic E-state index is 5.54. The Labute approximate surface area is 108 Å². The maximum absolute atomic E-state index is 5.54. The van der Waals surface area contributed by atoms with E-state index in [1.54, 1.807) is 6.26 Å². The van der Waals surface area contributed by atoms with Crippen molar-refractivity contribution in [2.75, 3.05) is 0 Å². The van der Waals surface area contributed by atoms with Gasteiger partial charge in [0.1, 0.15) is 5.30 Å². The lowest BCUT2D eigenvalue weighted by atomic mass is 10.3. The lowest BCUT2D eigenvalue weighted by Crippen LogP contribution is -3.00. The first-order chi connectivity index (χ1) is 7.93. The van der Waals surface area contributed by atoms with Crippen molar-refractivity contribution in [3.05, 3.63) is 60.9 Å². The molecule has 0 saturated carbocycles. The van der Waals surface area contributed by atoms with Crippen molar-refractivity contribution in [3.63, 3.8) is 0 Å². The van der Waals surface area contributed by atoms with Crippen LogP contribution in [0, 0.1) is 0 Å². The maximum Gasteiger partial charge on any atom is 0.175 e. The van der Waals surface area contributed by atoms with Gasteiger partial charge >= 0.3 is 0 Å². The van der Waals surface area contributed by atoms with Crippen molar-refractivity contribution < 1.29 is 16.8 Å². The zero-order valence-corrected chi connectivity index (χ0v) is 11.0. The number of para-hydroxylation sites is 1. The number of hydrogen-bond acceptors (Lipinski definition) is 1. The molecule has 1 nitrogen and oxygen atoms in total. The minimum atomic E-state index is 0. The highest BCUT2D eigenvalue weighted by atomic mass is 35.5. The summed E-state index contributed by atoms with van der Waals surface area (Å²) < 4.78 is 5.54. The van der Waals surface area contributed by atoms with Gasteiger partial charge in [-0.2, -0.15) is 0 Å². The molecule has 86 valence electrons. The van der Waals surface area contributed by atoms with E-state index >= 15 is 0 Å². The first-order valence-corrected chi connectivity index (χ1v) is 6.45. The Morgan fingerprint density at radius 2 is 1.65 bits per heavy atom. The Morgan fingerprint density at radius 3 is 2.47 bits per heavy atom. The molecule has 0 N–H and O–H groups in total. The Balaban J connectivity index is 0.00000108. The van der Waals surface area contributed by atoms with Crippen molar-refractivity contribution in [1.29, 1.82) is 0 Å². The van der Waals surface area contributed by atoms with Gasteiger partial charge in [0.05, 0.1) is 20.1 Å². The largest absolute Gasteiger partial charge is 1.00 e. The summed E-state index contributed by atoms with van der Waals surface area (Å²) in [5.74, 6) is 0. The fraction of sp³-hybridized carbons (Fsp3) is 0. The summed E-state index contributed by atoms with van der Waals surface area (Å²) >= 11 is 0. The van der Waals surface area contributed by atoms with Crippen molar-refractivity contribution >= 4 is 30.2 Å². The molecule has 0 fully saturated rings. The zero-order valence-electron chi connectivity index (χ0n) is 9.14. The highest BCUT2D eigenvalue weighted by Crippen LogP contribution is 2.20. The van der Waals surface area contributed by atoms with Gasteiger partial charge in [-0.1, -0.05) is 30.3 Å². The van der Waals surface area contributed by atoms with Gasteiger partial charge in [0.25, 0.3) is 0 Å². The van der Waals surface area contributed by atoms with E-state index in [0.717, 1.165) is 5.58 Å². The second kappa shape index (κ2) is 5.35. The molecule has 0 amide bonds. The van der Waals surface area contributed by atoms with Gasteiger partial charge < -0.3 is 16.8 Å². The van der Waals surface area contributed by atoms with Crippen LogP contribution in [0.1, 0.15) is 0 Å². The Morgan fingerprint density at radius 1 is 0.824 bits per heavy atom. The molecule has 0 radical (unpaired) electrons. The summed E-state index contributed by atoms with van der Waals surface area (Å²) in [4.78, 5) is 0. The summed E-state index contributed by atoms with van der Waals surface area (Å²) in [6, 6.07) is 19.0. The fourth-order valence-corrected chi connectivity index (χ4v) is 3.21. The van der Waals surface area contributed by atoms with Gasteiger partial charge in [0.2, 0.25) is 0 Å². The van der Waals surface area contributed by atoms with Gasteiger partial charge in [-0.3, -0.25) is 0 Å².